The van der Waals surface area contributed by atoms with E-state index in [1.54, 1.807) is 16.7 Å². The first-order valence-electron chi connectivity index (χ1n) is 8.04. The van der Waals surface area contributed by atoms with E-state index >= 15 is 0 Å². The van der Waals surface area contributed by atoms with Crippen molar-refractivity contribution in [1.82, 2.24) is 10.2 Å². The van der Waals surface area contributed by atoms with Crippen LogP contribution in [0.2, 0.25) is 0 Å². The molecule has 2 N–H and O–H groups in total. The van der Waals surface area contributed by atoms with Gasteiger partial charge in [0.1, 0.15) is 6.04 Å². The van der Waals surface area contributed by atoms with Crippen LogP contribution in [-0.4, -0.2) is 39.9 Å². The fraction of sp³-hybridized carbons (Fsp3) is 0.471. The lowest BCUT2D eigenvalue weighted by Crippen LogP contribution is -2.31. The number of hydrogen-bond donors (Lipinski definition) is 2. The highest BCUT2D eigenvalue weighted by Crippen LogP contribution is 2.18. The van der Waals surface area contributed by atoms with Crippen molar-refractivity contribution in [3.8, 4) is 0 Å². The maximum Gasteiger partial charge on any atom is 0.251 e. The molecule has 2 rings (SSSR count). The van der Waals surface area contributed by atoms with Crippen molar-refractivity contribution < 1.29 is 9.59 Å². The summed E-state index contributed by atoms with van der Waals surface area (Å²) in [5.41, 5.74) is 1.68. The molecule has 1 fully saturated rings. The Hall–Kier alpha value is -1.60. The average Bonchev–Trinajstić information content (AvgIpc) is 2.81. The minimum absolute atomic E-state index is 0.00113. The number of rotatable bonds is 8. The molecule has 1 saturated heterocycles. The Morgan fingerprint density at radius 3 is 2.96 bits per heavy atom. The van der Waals surface area contributed by atoms with Gasteiger partial charge in [0.15, 0.2) is 5.11 Å². The van der Waals surface area contributed by atoms with Gasteiger partial charge in [0, 0.05) is 12.1 Å². The maximum atomic E-state index is 12.5. The highest BCUT2D eigenvalue weighted by molar-refractivity contribution is 7.98. The van der Waals surface area contributed by atoms with Gasteiger partial charge in [-0.3, -0.25) is 14.5 Å². The molecule has 24 heavy (non-hydrogen) atoms. The highest BCUT2D eigenvalue weighted by Gasteiger charge is 2.34. The minimum atomic E-state index is -0.225. The van der Waals surface area contributed by atoms with E-state index in [9.17, 15) is 9.59 Å². The molecule has 5 nitrogen and oxygen atoms in total. The second-order valence-electron chi connectivity index (χ2n) is 5.71. The molecule has 0 spiro atoms. The maximum absolute atomic E-state index is 12.5. The summed E-state index contributed by atoms with van der Waals surface area (Å²) in [5, 5.41) is 6.45. The summed E-state index contributed by atoms with van der Waals surface area (Å²) in [4.78, 5) is 25.8. The number of thioether (sulfide) groups is 1. The molecular weight excluding hydrogens is 342 g/mol. The Bertz CT molecular complexity index is 622. The molecule has 0 aromatic heterocycles. The summed E-state index contributed by atoms with van der Waals surface area (Å²) in [6.07, 6.45) is 4.10. The van der Waals surface area contributed by atoms with Crippen LogP contribution in [0.25, 0.3) is 0 Å². The molecule has 0 aliphatic carbocycles. The van der Waals surface area contributed by atoms with Gasteiger partial charge in [0.2, 0.25) is 5.91 Å². The lowest BCUT2D eigenvalue weighted by molar-refractivity contribution is -0.127. The normalized spacial score (nSPS) is 17.1. The Kier molecular flexibility index (Phi) is 7.05. The zero-order valence-corrected chi connectivity index (χ0v) is 15.6. The molecule has 0 radical (unpaired) electrons. The van der Waals surface area contributed by atoms with Gasteiger partial charge in [0.25, 0.3) is 5.91 Å². The first kappa shape index (κ1) is 18.7. The Morgan fingerprint density at radius 2 is 2.25 bits per heavy atom. The molecule has 7 heteroatoms. The van der Waals surface area contributed by atoms with Crippen LogP contribution in [0.15, 0.2) is 24.3 Å². The summed E-state index contributed by atoms with van der Waals surface area (Å²) >= 11 is 7.01. The molecule has 130 valence electrons. The minimum Gasteiger partial charge on any atom is -0.350 e. The van der Waals surface area contributed by atoms with E-state index in [1.165, 1.54) is 0 Å². The highest BCUT2D eigenvalue weighted by atomic mass is 32.2. The topological polar surface area (TPSA) is 61.4 Å². The summed E-state index contributed by atoms with van der Waals surface area (Å²) < 4.78 is 0. The van der Waals surface area contributed by atoms with Crippen LogP contribution in [0.4, 0.5) is 5.69 Å². The third kappa shape index (κ3) is 4.95. The van der Waals surface area contributed by atoms with Gasteiger partial charge in [-0.1, -0.05) is 19.1 Å². The van der Waals surface area contributed by atoms with Gasteiger partial charge in [-0.25, -0.2) is 0 Å². The van der Waals surface area contributed by atoms with Crippen LogP contribution in [0.3, 0.4) is 0 Å². The lowest BCUT2D eigenvalue weighted by atomic mass is 10.1. The molecule has 1 aromatic carbocycles. The number of carbonyl (C=O) groups excluding carboxylic acids is 2. The Morgan fingerprint density at radius 1 is 1.46 bits per heavy atom. The van der Waals surface area contributed by atoms with Gasteiger partial charge in [0.05, 0.1) is 6.54 Å². The van der Waals surface area contributed by atoms with E-state index in [0.29, 0.717) is 18.1 Å². The molecule has 1 heterocycles. The Labute approximate surface area is 152 Å². The number of carbonyl (C=O) groups is 2. The number of benzene rings is 1. The van der Waals surface area contributed by atoms with Crippen LogP contribution in [0.5, 0.6) is 0 Å². The zero-order chi connectivity index (χ0) is 17.5. The predicted molar refractivity (Wildman–Crippen MR) is 103 cm³/mol. The van der Waals surface area contributed by atoms with Gasteiger partial charge in [-0.05, 0) is 54.8 Å². The molecule has 1 aliphatic heterocycles. The smallest absolute Gasteiger partial charge is 0.251 e. The molecule has 0 saturated carbocycles. The van der Waals surface area contributed by atoms with Crippen molar-refractivity contribution >= 4 is 46.6 Å². The first-order chi connectivity index (χ1) is 11.5. The number of nitrogens with one attached hydrogen (secondary N) is 2. The monoisotopic (exact) mass is 365 g/mol. The van der Waals surface area contributed by atoms with E-state index in [4.69, 9.17) is 12.2 Å². The average molecular weight is 366 g/mol. The number of thiocarbonyl (C=S) groups is 1. The SMILES string of the molecule is CCCC(=O)Nc1cccc(CN2C(=O)[C@@H](CCSC)NC2=S)c1. The van der Waals surface area contributed by atoms with Gasteiger partial charge >= 0.3 is 0 Å². The second kappa shape index (κ2) is 9.03. The third-order valence-corrected chi connectivity index (χ3v) is 4.73. The quantitative estimate of drug-likeness (QED) is 0.694. The van der Waals surface area contributed by atoms with Crippen molar-refractivity contribution in [3.63, 3.8) is 0 Å². The summed E-state index contributed by atoms with van der Waals surface area (Å²) in [6, 6.07) is 7.32. The second-order valence-corrected chi connectivity index (χ2v) is 7.08. The van der Waals surface area contributed by atoms with Gasteiger partial charge < -0.3 is 10.6 Å². The molecule has 0 bridgehead atoms. The number of amides is 2. The molecule has 2 amide bonds. The van der Waals surface area contributed by atoms with Crippen LogP contribution in [0.1, 0.15) is 31.7 Å². The molecule has 0 unspecified atom stereocenters. The van der Waals surface area contributed by atoms with Crippen molar-refractivity contribution in [1.29, 1.82) is 0 Å². The number of anilines is 1. The van der Waals surface area contributed by atoms with Crippen molar-refractivity contribution in [3.05, 3.63) is 29.8 Å². The predicted octanol–water partition coefficient (Wildman–Crippen LogP) is 2.76. The molecular formula is C17H23N3O2S2. The van der Waals surface area contributed by atoms with Crippen LogP contribution in [-0.2, 0) is 16.1 Å². The largest absolute Gasteiger partial charge is 0.350 e. The molecule has 1 atom stereocenters. The van der Waals surface area contributed by atoms with Crippen LogP contribution in [0, 0.1) is 0 Å². The first-order valence-corrected chi connectivity index (χ1v) is 9.85. The molecule has 1 aromatic rings. The lowest BCUT2D eigenvalue weighted by Gasteiger charge is -2.16. The van der Waals surface area contributed by atoms with Crippen molar-refractivity contribution in [2.24, 2.45) is 0 Å². The van der Waals surface area contributed by atoms with Crippen molar-refractivity contribution in [2.45, 2.75) is 38.8 Å². The summed E-state index contributed by atoms with van der Waals surface area (Å²) in [6.45, 7) is 2.38. The van der Waals surface area contributed by atoms with Crippen LogP contribution < -0.4 is 10.6 Å². The third-order valence-electron chi connectivity index (χ3n) is 3.75. The van der Waals surface area contributed by atoms with Gasteiger partial charge in [-0.15, -0.1) is 0 Å². The fourth-order valence-electron chi connectivity index (χ4n) is 2.54. The van der Waals surface area contributed by atoms with E-state index in [-0.39, 0.29) is 17.9 Å². The fourth-order valence-corrected chi connectivity index (χ4v) is 3.31. The van der Waals surface area contributed by atoms with Gasteiger partial charge in [-0.2, -0.15) is 11.8 Å². The van der Waals surface area contributed by atoms with E-state index < -0.39 is 0 Å². The van der Waals surface area contributed by atoms with Crippen molar-refractivity contribution in [2.75, 3.05) is 17.3 Å². The van der Waals surface area contributed by atoms with Crippen LogP contribution >= 0.6 is 24.0 Å². The zero-order valence-electron chi connectivity index (χ0n) is 14.0. The summed E-state index contributed by atoms with van der Waals surface area (Å²) in [5.74, 6) is 0.939. The standard InChI is InChI=1S/C17H23N3O2S2/c1-3-5-15(21)18-13-7-4-6-12(10-13)11-20-16(22)14(8-9-24-2)19-17(20)23/h4,6-7,10,14H,3,5,8-9,11H2,1-2H3,(H,18,21)(H,19,23)/t14-/m1/s1. The van der Waals surface area contributed by atoms with E-state index in [2.05, 4.69) is 10.6 Å². The number of nitrogens with zero attached hydrogens (tertiary/aromatic N) is 1. The molecule has 1 aliphatic rings. The summed E-state index contributed by atoms with van der Waals surface area (Å²) in [7, 11) is 0. The van der Waals surface area contributed by atoms with E-state index in [0.717, 1.165) is 29.8 Å². The Balaban J connectivity index is 2.01. The van der Waals surface area contributed by atoms with E-state index in [1.807, 2.05) is 37.4 Å². The number of hydrogen-bond acceptors (Lipinski definition) is 4.